The fourth-order valence-electron chi connectivity index (χ4n) is 1.81. The van der Waals surface area contributed by atoms with E-state index >= 15 is 0 Å². The molecule has 1 fully saturated rings. The summed E-state index contributed by atoms with van der Waals surface area (Å²) in [6, 6.07) is 0.0575. The van der Waals surface area contributed by atoms with E-state index in [1.165, 1.54) is 0 Å². The Bertz CT molecular complexity index is 197. The number of amides is 1. The van der Waals surface area contributed by atoms with Gasteiger partial charge in [0.1, 0.15) is 0 Å². The number of carbonyl (C=O) groups excluding carboxylic acids is 1. The Morgan fingerprint density at radius 2 is 2.33 bits per heavy atom. The monoisotopic (exact) mass is 214 g/mol. The smallest absolute Gasteiger partial charge is 0.240 e. The summed E-state index contributed by atoms with van der Waals surface area (Å²) in [5.74, 6) is 0.258. The third kappa shape index (κ3) is 3.80. The Morgan fingerprint density at radius 3 is 3.00 bits per heavy atom. The van der Waals surface area contributed by atoms with Gasteiger partial charge in [0, 0.05) is 19.8 Å². The van der Waals surface area contributed by atoms with Crippen molar-refractivity contribution in [1.82, 2.24) is 10.2 Å². The minimum Gasteiger partial charge on any atom is -0.382 e. The van der Waals surface area contributed by atoms with E-state index in [1.54, 1.807) is 0 Å². The first kappa shape index (κ1) is 12.5. The third-order valence-corrected chi connectivity index (χ3v) is 2.64. The van der Waals surface area contributed by atoms with Crippen molar-refractivity contribution in [2.75, 3.05) is 26.4 Å². The Kier molecular flexibility index (Phi) is 5.65. The van der Waals surface area contributed by atoms with Crippen molar-refractivity contribution in [3.05, 3.63) is 0 Å². The molecule has 1 N–H and O–H groups in total. The number of nitrogens with zero attached hydrogens (tertiary/aromatic N) is 1. The van der Waals surface area contributed by atoms with Crippen LogP contribution in [0.25, 0.3) is 0 Å². The summed E-state index contributed by atoms with van der Waals surface area (Å²) >= 11 is 0. The maximum atomic E-state index is 11.8. The zero-order valence-electron chi connectivity index (χ0n) is 9.79. The van der Waals surface area contributed by atoms with Crippen molar-refractivity contribution in [3.63, 3.8) is 0 Å². The SMILES string of the molecule is CCCC1NCN(CCCOCC)C1=O. The van der Waals surface area contributed by atoms with Gasteiger partial charge in [-0.3, -0.25) is 10.1 Å². The third-order valence-electron chi connectivity index (χ3n) is 2.64. The van der Waals surface area contributed by atoms with Crippen LogP contribution < -0.4 is 5.32 Å². The number of rotatable bonds is 7. The molecule has 0 radical (unpaired) electrons. The van der Waals surface area contributed by atoms with E-state index in [-0.39, 0.29) is 11.9 Å². The van der Waals surface area contributed by atoms with Crippen LogP contribution in [-0.4, -0.2) is 43.3 Å². The average molecular weight is 214 g/mol. The molecule has 1 amide bonds. The van der Waals surface area contributed by atoms with Gasteiger partial charge in [-0.05, 0) is 19.8 Å². The van der Waals surface area contributed by atoms with Crippen molar-refractivity contribution in [1.29, 1.82) is 0 Å². The van der Waals surface area contributed by atoms with Crippen LogP contribution in [0, 0.1) is 0 Å². The maximum Gasteiger partial charge on any atom is 0.240 e. The first-order chi connectivity index (χ1) is 7.29. The van der Waals surface area contributed by atoms with Crippen molar-refractivity contribution in [3.8, 4) is 0 Å². The van der Waals surface area contributed by atoms with Gasteiger partial charge >= 0.3 is 0 Å². The highest BCUT2D eigenvalue weighted by Gasteiger charge is 2.29. The Balaban J connectivity index is 2.18. The Morgan fingerprint density at radius 1 is 1.53 bits per heavy atom. The largest absolute Gasteiger partial charge is 0.382 e. The highest BCUT2D eigenvalue weighted by atomic mass is 16.5. The molecule has 0 saturated carbocycles. The highest BCUT2D eigenvalue weighted by molar-refractivity contribution is 5.83. The molecule has 0 aromatic heterocycles. The number of ether oxygens (including phenoxy) is 1. The van der Waals surface area contributed by atoms with Crippen LogP contribution in [0.4, 0.5) is 0 Å². The van der Waals surface area contributed by atoms with Gasteiger partial charge in [0.2, 0.25) is 5.91 Å². The summed E-state index contributed by atoms with van der Waals surface area (Å²) in [5, 5.41) is 3.23. The van der Waals surface area contributed by atoms with Gasteiger partial charge in [0.25, 0.3) is 0 Å². The molecule has 0 aliphatic carbocycles. The second-order valence-corrected chi connectivity index (χ2v) is 3.86. The lowest BCUT2D eigenvalue weighted by molar-refractivity contribution is -0.129. The second kappa shape index (κ2) is 6.80. The Labute approximate surface area is 92.0 Å². The molecule has 1 unspecified atom stereocenters. The predicted octanol–water partition coefficient (Wildman–Crippen LogP) is 0.971. The van der Waals surface area contributed by atoms with E-state index < -0.39 is 0 Å². The molecule has 4 nitrogen and oxygen atoms in total. The van der Waals surface area contributed by atoms with E-state index in [0.29, 0.717) is 6.67 Å². The molecular formula is C11H22N2O2. The fraction of sp³-hybridized carbons (Fsp3) is 0.909. The van der Waals surface area contributed by atoms with Gasteiger partial charge in [0.15, 0.2) is 0 Å². The van der Waals surface area contributed by atoms with E-state index in [0.717, 1.165) is 39.0 Å². The molecule has 0 aromatic carbocycles. The van der Waals surface area contributed by atoms with Crippen LogP contribution in [0.1, 0.15) is 33.1 Å². The lowest BCUT2D eigenvalue weighted by Gasteiger charge is -2.14. The normalized spacial score (nSPS) is 21.3. The standard InChI is InChI=1S/C11H22N2O2/c1-3-6-10-11(14)13(9-12-10)7-5-8-15-4-2/h10,12H,3-9H2,1-2H3. The Hall–Kier alpha value is -0.610. The van der Waals surface area contributed by atoms with E-state index in [4.69, 9.17) is 4.74 Å². The molecule has 88 valence electrons. The first-order valence-corrected chi connectivity index (χ1v) is 5.89. The molecule has 15 heavy (non-hydrogen) atoms. The highest BCUT2D eigenvalue weighted by Crippen LogP contribution is 2.09. The summed E-state index contributed by atoms with van der Waals surface area (Å²) in [6.07, 6.45) is 2.93. The topological polar surface area (TPSA) is 41.6 Å². The van der Waals surface area contributed by atoms with E-state index in [9.17, 15) is 4.79 Å². The summed E-state index contributed by atoms with van der Waals surface area (Å²) < 4.78 is 5.24. The zero-order chi connectivity index (χ0) is 11.1. The zero-order valence-corrected chi connectivity index (χ0v) is 9.79. The van der Waals surface area contributed by atoms with Gasteiger partial charge in [-0.1, -0.05) is 13.3 Å². The second-order valence-electron chi connectivity index (χ2n) is 3.86. The molecule has 0 bridgehead atoms. The molecule has 1 saturated heterocycles. The molecule has 4 heteroatoms. The van der Waals surface area contributed by atoms with Gasteiger partial charge in [-0.25, -0.2) is 0 Å². The molecular weight excluding hydrogens is 192 g/mol. The first-order valence-electron chi connectivity index (χ1n) is 5.89. The van der Waals surface area contributed by atoms with Gasteiger partial charge in [-0.2, -0.15) is 0 Å². The van der Waals surface area contributed by atoms with Crippen LogP contribution in [-0.2, 0) is 9.53 Å². The molecule has 1 aliphatic heterocycles. The van der Waals surface area contributed by atoms with Gasteiger partial charge < -0.3 is 9.64 Å². The number of nitrogens with one attached hydrogen (secondary N) is 1. The van der Waals surface area contributed by atoms with Crippen molar-refractivity contribution >= 4 is 5.91 Å². The van der Waals surface area contributed by atoms with Gasteiger partial charge in [-0.15, -0.1) is 0 Å². The maximum absolute atomic E-state index is 11.8. The van der Waals surface area contributed by atoms with Crippen molar-refractivity contribution < 1.29 is 9.53 Å². The quantitative estimate of drug-likeness (QED) is 0.642. The van der Waals surface area contributed by atoms with Crippen LogP contribution in [0.5, 0.6) is 0 Å². The van der Waals surface area contributed by atoms with E-state index in [2.05, 4.69) is 12.2 Å². The summed E-state index contributed by atoms with van der Waals surface area (Å²) in [7, 11) is 0. The van der Waals surface area contributed by atoms with Crippen LogP contribution in [0.15, 0.2) is 0 Å². The number of hydrogen-bond acceptors (Lipinski definition) is 3. The average Bonchev–Trinajstić information content (AvgIpc) is 2.57. The predicted molar refractivity (Wildman–Crippen MR) is 59.5 cm³/mol. The van der Waals surface area contributed by atoms with E-state index in [1.807, 2.05) is 11.8 Å². The van der Waals surface area contributed by atoms with Crippen molar-refractivity contribution in [2.24, 2.45) is 0 Å². The molecule has 1 rings (SSSR count). The molecule has 0 aromatic rings. The summed E-state index contributed by atoms with van der Waals surface area (Å²) in [5.41, 5.74) is 0. The number of hydrogen-bond donors (Lipinski definition) is 1. The molecule has 1 aliphatic rings. The lowest BCUT2D eigenvalue weighted by Crippen LogP contribution is -2.31. The van der Waals surface area contributed by atoms with Crippen molar-refractivity contribution in [2.45, 2.75) is 39.2 Å². The minimum absolute atomic E-state index is 0.0575. The molecule has 1 atom stereocenters. The molecule has 0 spiro atoms. The lowest BCUT2D eigenvalue weighted by atomic mass is 10.2. The van der Waals surface area contributed by atoms with Crippen LogP contribution >= 0.6 is 0 Å². The van der Waals surface area contributed by atoms with Crippen LogP contribution in [0.2, 0.25) is 0 Å². The summed E-state index contributed by atoms with van der Waals surface area (Å²) in [6.45, 7) is 7.11. The van der Waals surface area contributed by atoms with Crippen LogP contribution in [0.3, 0.4) is 0 Å². The summed E-state index contributed by atoms with van der Waals surface area (Å²) in [4.78, 5) is 13.7. The fourth-order valence-corrected chi connectivity index (χ4v) is 1.81. The minimum atomic E-state index is 0.0575. The molecule has 1 heterocycles. The number of carbonyl (C=O) groups is 1. The van der Waals surface area contributed by atoms with Gasteiger partial charge in [0.05, 0.1) is 12.7 Å².